The van der Waals surface area contributed by atoms with E-state index in [1.165, 1.54) is 0 Å². The number of carboxylic acids is 1. The van der Waals surface area contributed by atoms with Gasteiger partial charge in [0.25, 0.3) is 0 Å². The minimum Gasteiger partial charge on any atom is -0.490 e. The minimum absolute atomic E-state index is 0.500. The summed E-state index contributed by atoms with van der Waals surface area (Å²) >= 11 is 3.47. The van der Waals surface area contributed by atoms with Crippen molar-refractivity contribution in [2.75, 3.05) is 20.3 Å². The van der Waals surface area contributed by atoms with Crippen LogP contribution in [0.4, 0.5) is 0 Å². The highest BCUT2D eigenvalue weighted by Gasteiger charge is 2.26. The third-order valence-electron chi connectivity index (χ3n) is 3.16. The maximum absolute atomic E-state index is 11.1. The lowest BCUT2D eigenvalue weighted by molar-refractivity contribution is -0.147. The van der Waals surface area contributed by atoms with E-state index in [1.807, 2.05) is 18.2 Å². The van der Waals surface area contributed by atoms with E-state index in [9.17, 15) is 4.79 Å². The zero-order chi connectivity index (χ0) is 15.2. The summed E-state index contributed by atoms with van der Waals surface area (Å²) in [7, 11) is 1.63. The summed E-state index contributed by atoms with van der Waals surface area (Å²) in [6.45, 7) is 4.53. The highest BCUT2D eigenvalue weighted by molar-refractivity contribution is 9.10. The fourth-order valence-corrected chi connectivity index (χ4v) is 2.16. The Morgan fingerprint density at radius 3 is 2.60 bits per heavy atom. The standard InChI is InChI=1S/C15H21BrO4/c1-15(2,14(17)18)7-6-11-4-5-13(12(16)10-11)20-9-8-19-3/h4-5,10H,6-9H2,1-3H3,(H,17,18). The molecule has 1 aromatic carbocycles. The van der Waals surface area contributed by atoms with Gasteiger partial charge in [-0.05, 0) is 60.3 Å². The van der Waals surface area contributed by atoms with Gasteiger partial charge >= 0.3 is 5.97 Å². The molecule has 4 nitrogen and oxygen atoms in total. The van der Waals surface area contributed by atoms with Crippen LogP contribution in [0.5, 0.6) is 5.75 Å². The number of methoxy groups -OCH3 is 1. The van der Waals surface area contributed by atoms with E-state index < -0.39 is 11.4 Å². The fraction of sp³-hybridized carbons (Fsp3) is 0.533. The van der Waals surface area contributed by atoms with E-state index in [0.29, 0.717) is 19.6 Å². The van der Waals surface area contributed by atoms with Crippen LogP contribution in [-0.2, 0) is 16.0 Å². The monoisotopic (exact) mass is 344 g/mol. The molecular formula is C15H21BrO4. The molecule has 0 bridgehead atoms. The molecule has 0 unspecified atom stereocenters. The van der Waals surface area contributed by atoms with Crippen molar-refractivity contribution >= 4 is 21.9 Å². The number of hydrogen-bond donors (Lipinski definition) is 1. The lowest BCUT2D eigenvalue weighted by Gasteiger charge is -2.19. The zero-order valence-electron chi connectivity index (χ0n) is 12.1. The summed E-state index contributed by atoms with van der Waals surface area (Å²) < 4.78 is 11.4. The number of carbonyl (C=O) groups is 1. The number of rotatable bonds is 8. The van der Waals surface area contributed by atoms with Gasteiger partial charge in [-0.3, -0.25) is 4.79 Å². The van der Waals surface area contributed by atoms with E-state index >= 15 is 0 Å². The van der Waals surface area contributed by atoms with E-state index in [0.717, 1.165) is 22.2 Å². The van der Waals surface area contributed by atoms with Crippen molar-refractivity contribution in [1.82, 2.24) is 0 Å². The summed E-state index contributed by atoms with van der Waals surface area (Å²) in [6, 6.07) is 5.83. The molecule has 0 atom stereocenters. The average Bonchev–Trinajstić information content (AvgIpc) is 2.39. The van der Waals surface area contributed by atoms with Crippen molar-refractivity contribution in [2.45, 2.75) is 26.7 Å². The Morgan fingerprint density at radius 1 is 1.35 bits per heavy atom. The average molecular weight is 345 g/mol. The molecule has 112 valence electrons. The van der Waals surface area contributed by atoms with E-state index in [2.05, 4.69) is 15.9 Å². The van der Waals surface area contributed by atoms with Gasteiger partial charge in [0.05, 0.1) is 16.5 Å². The van der Waals surface area contributed by atoms with E-state index in [4.69, 9.17) is 14.6 Å². The van der Waals surface area contributed by atoms with Crippen LogP contribution in [0.15, 0.2) is 22.7 Å². The van der Waals surface area contributed by atoms with Crippen LogP contribution in [0.25, 0.3) is 0 Å². The zero-order valence-corrected chi connectivity index (χ0v) is 13.7. The summed E-state index contributed by atoms with van der Waals surface area (Å²) in [5.41, 5.74) is 0.380. The number of carboxylic acid groups (broad SMARTS) is 1. The van der Waals surface area contributed by atoms with E-state index in [1.54, 1.807) is 21.0 Å². The van der Waals surface area contributed by atoms with Crippen LogP contribution in [0.3, 0.4) is 0 Å². The molecule has 0 saturated carbocycles. The van der Waals surface area contributed by atoms with Gasteiger partial charge in [-0.15, -0.1) is 0 Å². The van der Waals surface area contributed by atoms with Gasteiger partial charge < -0.3 is 14.6 Å². The molecular weight excluding hydrogens is 324 g/mol. The maximum Gasteiger partial charge on any atom is 0.309 e. The highest BCUT2D eigenvalue weighted by Crippen LogP contribution is 2.28. The lowest BCUT2D eigenvalue weighted by Crippen LogP contribution is -2.24. The van der Waals surface area contributed by atoms with Crippen molar-refractivity contribution in [2.24, 2.45) is 5.41 Å². The smallest absolute Gasteiger partial charge is 0.309 e. The maximum atomic E-state index is 11.1. The number of benzene rings is 1. The van der Waals surface area contributed by atoms with Crippen molar-refractivity contribution in [3.05, 3.63) is 28.2 Å². The Kier molecular flexibility index (Phi) is 6.49. The second-order valence-electron chi connectivity index (χ2n) is 5.30. The molecule has 0 aromatic heterocycles. The third-order valence-corrected chi connectivity index (χ3v) is 3.78. The summed E-state index contributed by atoms with van der Waals surface area (Å²) in [5, 5.41) is 9.10. The lowest BCUT2D eigenvalue weighted by atomic mass is 9.86. The topological polar surface area (TPSA) is 55.8 Å². The largest absolute Gasteiger partial charge is 0.490 e. The normalized spacial score (nSPS) is 11.4. The van der Waals surface area contributed by atoms with Gasteiger partial charge in [0.1, 0.15) is 12.4 Å². The Bertz CT molecular complexity index is 457. The summed E-state index contributed by atoms with van der Waals surface area (Å²) in [6.07, 6.45) is 1.31. The molecule has 0 heterocycles. The van der Waals surface area contributed by atoms with Gasteiger partial charge in [-0.2, -0.15) is 0 Å². The second kappa shape index (κ2) is 7.64. The number of aliphatic carboxylic acids is 1. The van der Waals surface area contributed by atoms with Crippen molar-refractivity contribution < 1.29 is 19.4 Å². The van der Waals surface area contributed by atoms with Crippen molar-refractivity contribution in [1.29, 1.82) is 0 Å². The quantitative estimate of drug-likeness (QED) is 0.733. The SMILES string of the molecule is COCCOc1ccc(CCC(C)(C)C(=O)O)cc1Br. The first kappa shape index (κ1) is 17.0. The first-order chi connectivity index (χ1) is 9.36. The molecule has 1 aromatic rings. The molecule has 0 fully saturated rings. The molecule has 0 saturated heterocycles. The van der Waals surface area contributed by atoms with Crippen molar-refractivity contribution in [3.63, 3.8) is 0 Å². The highest BCUT2D eigenvalue weighted by atomic mass is 79.9. The number of halogens is 1. The summed E-state index contributed by atoms with van der Waals surface area (Å²) in [5.74, 6) is -0.000574. The molecule has 0 aliphatic rings. The van der Waals surface area contributed by atoms with Gasteiger partial charge in [-0.25, -0.2) is 0 Å². The molecule has 1 N–H and O–H groups in total. The molecule has 20 heavy (non-hydrogen) atoms. The first-order valence-electron chi connectivity index (χ1n) is 6.50. The predicted molar refractivity (Wildman–Crippen MR) is 81.3 cm³/mol. The summed E-state index contributed by atoms with van der Waals surface area (Å²) in [4.78, 5) is 11.1. The van der Waals surface area contributed by atoms with Crippen molar-refractivity contribution in [3.8, 4) is 5.75 Å². The Morgan fingerprint density at radius 2 is 2.05 bits per heavy atom. The Labute approximate surface area is 128 Å². The molecule has 0 spiro atoms. The Balaban J connectivity index is 2.61. The molecule has 0 radical (unpaired) electrons. The molecule has 0 aliphatic heterocycles. The predicted octanol–water partition coefficient (Wildman–Crippen LogP) is 3.52. The van der Waals surface area contributed by atoms with Crippen LogP contribution in [0.2, 0.25) is 0 Å². The molecule has 5 heteroatoms. The minimum atomic E-state index is -0.768. The van der Waals surface area contributed by atoms with Crippen LogP contribution >= 0.6 is 15.9 Å². The second-order valence-corrected chi connectivity index (χ2v) is 6.15. The van der Waals surface area contributed by atoms with Gasteiger partial charge in [0.2, 0.25) is 0 Å². The fourth-order valence-electron chi connectivity index (χ4n) is 1.62. The van der Waals surface area contributed by atoms with Crippen LogP contribution in [-0.4, -0.2) is 31.4 Å². The van der Waals surface area contributed by atoms with Crippen LogP contribution in [0, 0.1) is 5.41 Å². The van der Waals surface area contributed by atoms with Gasteiger partial charge in [0.15, 0.2) is 0 Å². The van der Waals surface area contributed by atoms with Gasteiger partial charge in [-0.1, -0.05) is 6.07 Å². The van der Waals surface area contributed by atoms with E-state index in [-0.39, 0.29) is 0 Å². The molecule has 1 rings (SSSR count). The number of hydrogen-bond acceptors (Lipinski definition) is 3. The van der Waals surface area contributed by atoms with Gasteiger partial charge in [0, 0.05) is 7.11 Å². The molecule has 0 amide bonds. The first-order valence-corrected chi connectivity index (χ1v) is 7.29. The number of aryl methyl sites for hydroxylation is 1. The van der Waals surface area contributed by atoms with Crippen LogP contribution in [0.1, 0.15) is 25.8 Å². The number of ether oxygens (including phenoxy) is 2. The van der Waals surface area contributed by atoms with Crippen LogP contribution < -0.4 is 4.74 Å². The molecule has 0 aliphatic carbocycles. The third kappa shape index (κ3) is 5.13. The Hall–Kier alpha value is -1.07.